The molecule has 0 spiro atoms. The number of aromatic nitrogens is 1. The molecule has 0 saturated carbocycles. The maximum absolute atomic E-state index is 12.7. The van der Waals surface area contributed by atoms with E-state index in [2.05, 4.69) is 16.4 Å². The van der Waals surface area contributed by atoms with Gasteiger partial charge in [-0.1, -0.05) is 6.92 Å². The molecule has 2 aromatic carbocycles. The lowest BCUT2D eigenvalue weighted by atomic mass is 9.99. The summed E-state index contributed by atoms with van der Waals surface area (Å²) in [6.45, 7) is 5.99. The first-order valence-electron chi connectivity index (χ1n) is 10.5. The van der Waals surface area contributed by atoms with Gasteiger partial charge in [-0.05, 0) is 55.7 Å². The molecule has 0 bridgehead atoms. The smallest absolute Gasteiger partial charge is 0.341 e. The molecule has 3 rings (SSSR count). The second-order valence-electron chi connectivity index (χ2n) is 7.28. The molecule has 0 aliphatic carbocycles. The van der Waals surface area contributed by atoms with Crippen molar-refractivity contribution in [3.05, 3.63) is 58.8 Å². The van der Waals surface area contributed by atoms with Crippen molar-refractivity contribution in [3.8, 4) is 17.6 Å². The molecule has 0 aliphatic rings. The van der Waals surface area contributed by atoms with Gasteiger partial charge in [0.15, 0.2) is 0 Å². The van der Waals surface area contributed by atoms with Crippen LogP contribution in [0.5, 0.6) is 11.5 Å². The Labute approximate surface area is 187 Å². The van der Waals surface area contributed by atoms with Crippen molar-refractivity contribution in [1.82, 2.24) is 4.98 Å². The summed E-state index contributed by atoms with van der Waals surface area (Å²) in [5.74, 6) is 0.858. The highest BCUT2D eigenvalue weighted by Gasteiger charge is 2.21. The second-order valence-corrected chi connectivity index (χ2v) is 7.28. The van der Waals surface area contributed by atoms with Crippen LogP contribution in [0.1, 0.15) is 53.9 Å². The molecule has 0 saturated heterocycles. The number of benzene rings is 2. The maximum Gasteiger partial charge on any atom is 0.341 e. The third kappa shape index (κ3) is 4.59. The number of fused-ring (bicyclic) bond motifs is 1. The van der Waals surface area contributed by atoms with E-state index in [9.17, 15) is 10.1 Å². The Morgan fingerprint density at radius 2 is 1.81 bits per heavy atom. The number of methoxy groups -OCH3 is 2. The van der Waals surface area contributed by atoms with Gasteiger partial charge in [-0.15, -0.1) is 0 Å². The average molecular weight is 434 g/mol. The van der Waals surface area contributed by atoms with E-state index in [-0.39, 0.29) is 12.6 Å². The molecule has 1 aromatic heterocycles. The topological polar surface area (TPSA) is 93.5 Å². The number of nitrogens with one attached hydrogen (secondary N) is 1. The van der Waals surface area contributed by atoms with E-state index in [0.717, 1.165) is 16.6 Å². The zero-order valence-electron chi connectivity index (χ0n) is 19.0. The molecule has 1 atom stereocenters. The Bertz CT molecular complexity index is 1160. The Kier molecular flexibility index (Phi) is 7.16. The van der Waals surface area contributed by atoms with Crippen LogP contribution in [-0.4, -0.2) is 31.8 Å². The Morgan fingerprint density at radius 1 is 1.12 bits per heavy atom. The molecule has 0 fully saturated rings. The molecule has 1 heterocycles. The van der Waals surface area contributed by atoms with Crippen molar-refractivity contribution < 1.29 is 19.0 Å². The Balaban J connectivity index is 2.19. The quantitative estimate of drug-likeness (QED) is 0.498. The predicted octanol–water partition coefficient (Wildman–Crippen LogP) is 5.04. The van der Waals surface area contributed by atoms with Gasteiger partial charge in [0, 0.05) is 23.7 Å². The number of ether oxygens (including phenoxy) is 3. The molecule has 166 valence electrons. The third-order valence-corrected chi connectivity index (χ3v) is 5.29. The van der Waals surface area contributed by atoms with Gasteiger partial charge >= 0.3 is 5.97 Å². The van der Waals surface area contributed by atoms with Crippen molar-refractivity contribution in [2.45, 2.75) is 33.2 Å². The predicted molar refractivity (Wildman–Crippen MR) is 123 cm³/mol. The summed E-state index contributed by atoms with van der Waals surface area (Å²) in [5, 5.41) is 13.7. The van der Waals surface area contributed by atoms with E-state index in [0.29, 0.717) is 40.1 Å². The van der Waals surface area contributed by atoms with Gasteiger partial charge in [0.05, 0.1) is 43.7 Å². The van der Waals surface area contributed by atoms with Crippen molar-refractivity contribution in [1.29, 1.82) is 5.26 Å². The molecule has 7 heteroatoms. The van der Waals surface area contributed by atoms with Crippen LogP contribution in [0.15, 0.2) is 36.5 Å². The van der Waals surface area contributed by atoms with Crippen molar-refractivity contribution in [2.24, 2.45) is 0 Å². The summed E-state index contributed by atoms with van der Waals surface area (Å²) in [4.78, 5) is 17.3. The number of nitriles is 1. The number of nitrogens with zero attached hydrogens (tertiary/aromatic N) is 2. The number of esters is 1. The lowest BCUT2D eigenvalue weighted by molar-refractivity contribution is 0.0527. The second kappa shape index (κ2) is 10.0. The molecular weight excluding hydrogens is 406 g/mol. The van der Waals surface area contributed by atoms with Crippen molar-refractivity contribution >= 4 is 22.6 Å². The number of rotatable bonds is 8. The van der Waals surface area contributed by atoms with E-state index in [4.69, 9.17) is 14.2 Å². The summed E-state index contributed by atoms with van der Waals surface area (Å²) in [6, 6.07) is 11.2. The molecule has 1 N–H and O–H groups in total. The maximum atomic E-state index is 12.7. The Hall–Kier alpha value is -3.79. The summed E-state index contributed by atoms with van der Waals surface area (Å²) in [6.07, 6.45) is 2.24. The number of hydrogen-bond acceptors (Lipinski definition) is 7. The summed E-state index contributed by atoms with van der Waals surface area (Å²) < 4.78 is 16.1. The van der Waals surface area contributed by atoms with Gasteiger partial charge in [-0.25, -0.2) is 4.79 Å². The van der Waals surface area contributed by atoms with E-state index < -0.39 is 5.97 Å². The van der Waals surface area contributed by atoms with Gasteiger partial charge < -0.3 is 19.5 Å². The SMILES string of the molecule is CCOC(=O)c1cnc2c(CC)cc(C#N)cc2c1NC(C)c1cc(OC)cc(OC)c1. The molecule has 1 unspecified atom stereocenters. The van der Waals surface area contributed by atoms with Crippen LogP contribution in [0, 0.1) is 11.3 Å². The van der Waals surface area contributed by atoms with E-state index in [1.165, 1.54) is 6.20 Å². The number of carbonyl (C=O) groups is 1. The van der Waals surface area contributed by atoms with Gasteiger partial charge in [0.2, 0.25) is 0 Å². The van der Waals surface area contributed by atoms with Crippen molar-refractivity contribution in [3.63, 3.8) is 0 Å². The fourth-order valence-corrected chi connectivity index (χ4v) is 3.61. The fraction of sp³-hybridized carbons (Fsp3) is 0.320. The minimum absolute atomic E-state index is 0.214. The van der Waals surface area contributed by atoms with E-state index in [1.54, 1.807) is 33.3 Å². The number of pyridine rings is 1. The first-order valence-corrected chi connectivity index (χ1v) is 10.5. The molecule has 32 heavy (non-hydrogen) atoms. The number of aryl methyl sites for hydroxylation is 1. The van der Waals surface area contributed by atoms with Crippen LogP contribution in [0.2, 0.25) is 0 Å². The largest absolute Gasteiger partial charge is 0.497 e. The molecule has 0 aliphatic heterocycles. The van der Waals surface area contributed by atoms with E-state index in [1.807, 2.05) is 32.0 Å². The van der Waals surface area contributed by atoms with Crippen LogP contribution in [0.25, 0.3) is 10.9 Å². The first kappa shape index (κ1) is 22.9. The zero-order chi connectivity index (χ0) is 23.3. The highest BCUT2D eigenvalue weighted by molar-refractivity contribution is 6.06. The molecular formula is C25H27N3O4. The third-order valence-electron chi connectivity index (χ3n) is 5.29. The fourth-order valence-electron chi connectivity index (χ4n) is 3.61. The van der Waals surface area contributed by atoms with Crippen molar-refractivity contribution in [2.75, 3.05) is 26.1 Å². The molecule has 3 aromatic rings. The summed E-state index contributed by atoms with van der Waals surface area (Å²) >= 11 is 0. The highest BCUT2D eigenvalue weighted by atomic mass is 16.5. The normalized spacial score (nSPS) is 11.5. The average Bonchev–Trinajstić information content (AvgIpc) is 2.82. The first-order chi connectivity index (χ1) is 15.4. The minimum atomic E-state index is -0.472. The summed E-state index contributed by atoms with van der Waals surface area (Å²) in [5.41, 5.74) is 4.00. The number of carbonyl (C=O) groups excluding carboxylic acids is 1. The number of hydrogen-bond donors (Lipinski definition) is 1. The minimum Gasteiger partial charge on any atom is -0.497 e. The Morgan fingerprint density at radius 3 is 2.38 bits per heavy atom. The standard InChI is InChI=1S/C25H27N3O4/c1-6-17-8-16(13-26)9-21-23(17)27-14-22(25(29)32-7-2)24(21)28-15(3)18-10-19(30-4)12-20(11-18)31-5/h8-12,14-15H,6-7H2,1-5H3,(H,27,28). The molecule has 0 radical (unpaired) electrons. The van der Waals surface area contributed by atoms with Gasteiger partial charge in [-0.3, -0.25) is 4.98 Å². The summed E-state index contributed by atoms with van der Waals surface area (Å²) in [7, 11) is 3.20. The van der Waals surface area contributed by atoms with Gasteiger partial charge in [-0.2, -0.15) is 5.26 Å². The highest BCUT2D eigenvalue weighted by Crippen LogP contribution is 2.34. The molecule has 7 nitrogen and oxygen atoms in total. The molecule has 0 amide bonds. The van der Waals surface area contributed by atoms with Crippen LogP contribution in [0.4, 0.5) is 5.69 Å². The van der Waals surface area contributed by atoms with Crippen LogP contribution in [0.3, 0.4) is 0 Å². The lowest BCUT2D eigenvalue weighted by Gasteiger charge is -2.21. The van der Waals surface area contributed by atoms with Gasteiger partial charge in [0.1, 0.15) is 17.1 Å². The van der Waals surface area contributed by atoms with Crippen LogP contribution >= 0.6 is 0 Å². The van der Waals surface area contributed by atoms with Gasteiger partial charge in [0.25, 0.3) is 0 Å². The monoisotopic (exact) mass is 433 g/mol. The van der Waals surface area contributed by atoms with Crippen LogP contribution < -0.4 is 14.8 Å². The lowest BCUT2D eigenvalue weighted by Crippen LogP contribution is -2.14. The zero-order valence-corrected chi connectivity index (χ0v) is 19.0. The van der Waals surface area contributed by atoms with Crippen LogP contribution in [-0.2, 0) is 11.2 Å². The number of anilines is 1. The van der Waals surface area contributed by atoms with E-state index >= 15 is 0 Å².